The van der Waals surface area contributed by atoms with Gasteiger partial charge in [0.2, 0.25) is 0 Å². The molecule has 2 atom stereocenters. The highest BCUT2D eigenvalue weighted by Crippen LogP contribution is 2.46. The SMILES string of the molecule is CCCc1ccc(OC(Cc2ccccc2)CC(P(=O)(O)O)S(=O)(=O)O)cc1. The lowest BCUT2D eigenvalue weighted by molar-refractivity contribution is 0.190. The zero-order valence-electron chi connectivity index (χ0n) is 15.5. The van der Waals surface area contributed by atoms with Gasteiger partial charge in [0.15, 0.2) is 4.99 Å². The first kappa shape index (κ1) is 22.6. The quantitative estimate of drug-likeness (QED) is 0.392. The molecule has 0 saturated carbocycles. The van der Waals surface area contributed by atoms with E-state index in [1.807, 2.05) is 18.2 Å². The summed E-state index contributed by atoms with van der Waals surface area (Å²) in [6.45, 7) is 2.07. The van der Waals surface area contributed by atoms with Gasteiger partial charge in [-0.15, -0.1) is 0 Å². The summed E-state index contributed by atoms with van der Waals surface area (Å²) >= 11 is 0. The molecule has 0 radical (unpaired) electrons. The topological polar surface area (TPSA) is 121 Å². The van der Waals surface area contributed by atoms with E-state index in [-0.39, 0.29) is 6.42 Å². The van der Waals surface area contributed by atoms with Crippen molar-refractivity contribution in [2.75, 3.05) is 0 Å². The van der Waals surface area contributed by atoms with Gasteiger partial charge in [-0.1, -0.05) is 55.8 Å². The average molecular weight is 428 g/mol. The van der Waals surface area contributed by atoms with Crippen LogP contribution in [0.1, 0.15) is 30.9 Å². The number of hydrogen-bond acceptors (Lipinski definition) is 4. The van der Waals surface area contributed by atoms with Crippen molar-refractivity contribution in [1.82, 2.24) is 0 Å². The molecular weight excluding hydrogens is 403 g/mol. The summed E-state index contributed by atoms with van der Waals surface area (Å²) in [4.78, 5) is 16.6. The van der Waals surface area contributed by atoms with Crippen molar-refractivity contribution < 1.29 is 32.1 Å². The third kappa shape index (κ3) is 7.04. The van der Waals surface area contributed by atoms with Crippen LogP contribution < -0.4 is 4.74 Å². The summed E-state index contributed by atoms with van der Waals surface area (Å²) < 4.78 is 49.9. The maximum absolute atomic E-state index is 11.6. The highest BCUT2D eigenvalue weighted by molar-refractivity contribution is 7.93. The highest BCUT2D eigenvalue weighted by atomic mass is 32.2. The van der Waals surface area contributed by atoms with Gasteiger partial charge in [0.1, 0.15) is 11.9 Å². The van der Waals surface area contributed by atoms with Crippen LogP contribution in [0.5, 0.6) is 5.75 Å². The summed E-state index contributed by atoms with van der Waals surface area (Å²) in [5, 5.41) is 0. The number of rotatable bonds is 10. The van der Waals surface area contributed by atoms with Crippen LogP contribution in [0.15, 0.2) is 54.6 Å². The predicted molar refractivity (Wildman–Crippen MR) is 107 cm³/mol. The molecule has 9 heteroatoms. The number of benzene rings is 2. The van der Waals surface area contributed by atoms with Gasteiger partial charge in [-0.25, -0.2) is 0 Å². The maximum Gasteiger partial charge on any atom is 0.346 e. The van der Waals surface area contributed by atoms with E-state index in [2.05, 4.69) is 6.92 Å². The Hall–Kier alpha value is -1.70. The van der Waals surface area contributed by atoms with Gasteiger partial charge in [-0.3, -0.25) is 9.12 Å². The summed E-state index contributed by atoms with van der Waals surface area (Å²) in [5.74, 6) is 0.459. The second kappa shape index (κ2) is 9.67. The van der Waals surface area contributed by atoms with Crippen molar-refractivity contribution in [2.24, 2.45) is 0 Å². The molecule has 2 unspecified atom stereocenters. The molecule has 0 heterocycles. The fraction of sp³-hybridized carbons (Fsp3) is 0.368. The fourth-order valence-corrected chi connectivity index (χ4v) is 5.28. The van der Waals surface area contributed by atoms with Crippen LogP contribution >= 0.6 is 7.60 Å². The fourth-order valence-electron chi connectivity index (χ4n) is 2.92. The smallest absolute Gasteiger partial charge is 0.346 e. The molecule has 154 valence electrons. The zero-order chi connectivity index (χ0) is 20.8. The Bertz CT molecular complexity index is 892. The van der Waals surface area contributed by atoms with Crippen LogP contribution in [0.3, 0.4) is 0 Å². The minimum Gasteiger partial charge on any atom is -0.490 e. The average Bonchev–Trinajstić information content (AvgIpc) is 2.60. The second-order valence-corrected chi connectivity index (χ2v) is 10.4. The molecular formula is C19H25O7PS. The van der Waals surface area contributed by atoms with E-state index in [9.17, 15) is 27.3 Å². The second-order valence-electron chi connectivity index (χ2n) is 6.62. The molecule has 0 aliphatic heterocycles. The Balaban J connectivity index is 2.26. The Morgan fingerprint density at radius 3 is 2.11 bits per heavy atom. The van der Waals surface area contributed by atoms with Crippen LogP contribution in [-0.4, -0.2) is 33.9 Å². The van der Waals surface area contributed by atoms with Crippen LogP contribution in [0.25, 0.3) is 0 Å². The van der Waals surface area contributed by atoms with E-state index in [0.29, 0.717) is 5.75 Å². The van der Waals surface area contributed by atoms with Crippen LogP contribution in [-0.2, 0) is 27.5 Å². The van der Waals surface area contributed by atoms with Gasteiger partial charge in [0, 0.05) is 12.8 Å². The maximum atomic E-state index is 11.6. The molecule has 2 aromatic carbocycles. The van der Waals surface area contributed by atoms with Gasteiger partial charge >= 0.3 is 7.60 Å². The summed E-state index contributed by atoms with van der Waals surface area (Å²) in [6, 6.07) is 16.3. The van der Waals surface area contributed by atoms with Crippen molar-refractivity contribution in [3.05, 3.63) is 65.7 Å². The molecule has 28 heavy (non-hydrogen) atoms. The van der Waals surface area contributed by atoms with E-state index in [1.54, 1.807) is 36.4 Å². The minimum atomic E-state index is -5.10. The van der Waals surface area contributed by atoms with E-state index >= 15 is 0 Å². The van der Waals surface area contributed by atoms with E-state index in [0.717, 1.165) is 24.0 Å². The van der Waals surface area contributed by atoms with Crippen molar-refractivity contribution in [3.63, 3.8) is 0 Å². The summed E-state index contributed by atoms with van der Waals surface area (Å²) in [6.07, 6.45) is 0.725. The molecule has 0 aromatic heterocycles. The molecule has 0 aliphatic carbocycles. The summed E-state index contributed by atoms with van der Waals surface area (Å²) in [5.41, 5.74) is 1.94. The Morgan fingerprint density at radius 2 is 1.61 bits per heavy atom. The molecule has 0 saturated heterocycles. The monoisotopic (exact) mass is 428 g/mol. The number of hydrogen-bond donors (Lipinski definition) is 3. The lowest BCUT2D eigenvalue weighted by Gasteiger charge is -2.24. The third-order valence-corrected chi connectivity index (χ3v) is 7.72. The predicted octanol–water partition coefficient (Wildman–Crippen LogP) is 3.41. The van der Waals surface area contributed by atoms with Gasteiger partial charge in [0.25, 0.3) is 10.1 Å². The Labute approximate surface area is 165 Å². The van der Waals surface area contributed by atoms with Crippen molar-refractivity contribution in [1.29, 1.82) is 0 Å². The van der Waals surface area contributed by atoms with Crippen LogP contribution in [0.2, 0.25) is 0 Å². The minimum absolute atomic E-state index is 0.226. The first-order valence-electron chi connectivity index (χ1n) is 8.90. The molecule has 2 rings (SSSR count). The van der Waals surface area contributed by atoms with Gasteiger partial charge in [-0.05, 0) is 29.7 Å². The molecule has 0 spiro atoms. The molecule has 3 N–H and O–H groups in total. The standard InChI is InChI=1S/C19H25O7PS/c1-2-6-15-9-11-17(12-10-15)26-18(13-16-7-4-3-5-8-16)14-19(27(20,21)22)28(23,24)25/h3-5,7-12,18-19H,2,6,13-14H2,1H3,(H2,20,21,22)(H,23,24,25). The van der Waals surface area contributed by atoms with E-state index in [1.165, 1.54) is 0 Å². The van der Waals surface area contributed by atoms with Crippen molar-refractivity contribution in [3.8, 4) is 5.75 Å². The third-order valence-electron chi connectivity index (χ3n) is 4.25. The lowest BCUT2D eigenvalue weighted by atomic mass is 10.1. The molecule has 0 fully saturated rings. The molecule has 7 nitrogen and oxygen atoms in total. The van der Waals surface area contributed by atoms with Gasteiger partial charge < -0.3 is 14.5 Å². The first-order valence-corrected chi connectivity index (χ1v) is 12.1. The Morgan fingerprint density at radius 1 is 1.00 bits per heavy atom. The Kier molecular flexibility index (Phi) is 7.80. The van der Waals surface area contributed by atoms with E-state index < -0.39 is 35.2 Å². The van der Waals surface area contributed by atoms with Crippen LogP contribution in [0.4, 0.5) is 0 Å². The van der Waals surface area contributed by atoms with Crippen molar-refractivity contribution >= 4 is 17.7 Å². The molecule has 0 bridgehead atoms. The largest absolute Gasteiger partial charge is 0.490 e. The molecule has 2 aromatic rings. The lowest BCUT2D eigenvalue weighted by Crippen LogP contribution is -2.30. The van der Waals surface area contributed by atoms with Gasteiger partial charge in [0.05, 0.1) is 0 Å². The number of ether oxygens (including phenoxy) is 1. The molecule has 0 aliphatic rings. The first-order chi connectivity index (χ1) is 13.1. The molecule has 0 amide bonds. The van der Waals surface area contributed by atoms with Gasteiger partial charge in [-0.2, -0.15) is 8.42 Å². The zero-order valence-corrected chi connectivity index (χ0v) is 17.2. The highest BCUT2D eigenvalue weighted by Gasteiger charge is 2.42. The normalized spacial score (nSPS) is 14.4. The van der Waals surface area contributed by atoms with E-state index in [4.69, 9.17) is 4.74 Å². The summed E-state index contributed by atoms with van der Waals surface area (Å²) in [7, 11) is -10.1. The van der Waals surface area contributed by atoms with Crippen LogP contribution in [0, 0.1) is 0 Å². The van der Waals surface area contributed by atoms with Crippen molar-refractivity contribution in [2.45, 2.75) is 43.7 Å². The number of aryl methyl sites for hydroxylation is 1.